The summed E-state index contributed by atoms with van der Waals surface area (Å²) in [6.45, 7) is 4.49. The first-order chi connectivity index (χ1) is 15.3. The highest BCUT2D eigenvalue weighted by Crippen LogP contribution is 2.41. The predicted octanol–water partition coefficient (Wildman–Crippen LogP) is 4.14. The van der Waals surface area contributed by atoms with Crippen molar-refractivity contribution in [1.82, 2.24) is 10.3 Å². The molecule has 0 aliphatic carbocycles. The molecular weight excluding hydrogens is 390 g/mol. The third-order valence-electron chi connectivity index (χ3n) is 5.43. The summed E-state index contributed by atoms with van der Waals surface area (Å²) in [5.41, 5.74) is 3.06. The van der Waals surface area contributed by atoms with Gasteiger partial charge in [0, 0.05) is 31.4 Å². The maximum absolute atomic E-state index is 6.11. The SMILES string of the molecule is COc1cc(-c2ccc(N3CCCNCC3)nc2)cc(OCc2ccccc2)c1OC. The molecule has 4 rings (SSSR count). The van der Waals surface area contributed by atoms with Gasteiger partial charge in [0.1, 0.15) is 12.4 Å². The van der Waals surface area contributed by atoms with Crippen LogP contribution in [-0.2, 0) is 6.61 Å². The van der Waals surface area contributed by atoms with Gasteiger partial charge in [0.15, 0.2) is 11.5 Å². The molecule has 0 bridgehead atoms. The number of hydrogen-bond donors (Lipinski definition) is 1. The number of hydrogen-bond acceptors (Lipinski definition) is 6. The van der Waals surface area contributed by atoms with Gasteiger partial charge < -0.3 is 24.4 Å². The van der Waals surface area contributed by atoms with E-state index in [1.807, 2.05) is 48.7 Å². The van der Waals surface area contributed by atoms with Crippen molar-refractivity contribution in [3.05, 3.63) is 66.4 Å². The summed E-state index contributed by atoms with van der Waals surface area (Å²) in [6, 6.07) is 18.2. The minimum Gasteiger partial charge on any atom is -0.493 e. The zero-order valence-corrected chi connectivity index (χ0v) is 18.1. The van der Waals surface area contributed by atoms with E-state index in [1.54, 1.807) is 14.2 Å². The fourth-order valence-corrected chi connectivity index (χ4v) is 3.76. The van der Waals surface area contributed by atoms with Gasteiger partial charge in [0.05, 0.1) is 14.2 Å². The fraction of sp³-hybridized carbons (Fsp3) is 0.320. The number of anilines is 1. The van der Waals surface area contributed by atoms with E-state index in [0.717, 1.165) is 55.1 Å². The molecule has 1 aliphatic heterocycles. The number of pyridine rings is 1. The van der Waals surface area contributed by atoms with Gasteiger partial charge in [-0.3, -0.25) is 0 Å². The average Bonchev–Trinajstić information content (AvgIpc) is 3.12. The monoisotopic (exact) mass is 419 g/mol. The Morgan fingerprint density at radius 3 is 2.48 bits per heavy atom. The molecule has 0 saturated carbocycles. The Hall–Kier alpha value is -3.25. The summed E-state index contributed by atoms with van der Waals surface area (Å²) in [5.74, 6) is 2.87. The standard InChI is InChI=1S/C25H29N3O3/c1-29-22-15-21(16-23(25(22)30-2)31-18-19-7-4-3-5-8-19)20-9-10-24(27-17-20)28-13-6-11-26-12-14-28/h3-5,7-10,15-17,26H,6,11-14,18H2,1-2H3. The van der Waals surface area contributed by atoms with Crippen LogP contribution in [0.15, 0.2) is 60.8 Å². The molecule has 2 aromatic carbocycles. The fourth-order valence-electron chi connectivity index (χ4n) is 3.76. The molecule has 31 heavy (non-hydrogen) atoms. The van der Waals surface area contributed by atoms with Gasteiger partial charge in [0.25, 0.3) is 0 Å². The lowest BCUT2D eigenvalue weighted by molar-refractivity contribution is 0.275. The third kappa shape index (κ3) is 5.09. The first-order valence-electron chi connectivity index (χ1n) is 10.6. The van der Waals surface area contributed by atoms with Crippen LogP contribution in [0.2, 0.25) is 0 Å². The maximum Gasteiger partial charge on any atom is 0.203 e. The number of benzene rings is 2. The molecule has 2 heterocycles. The summed E-state index contributed by atoms with van der Waals surface area (Å²) in [4.78, 5) is 7.05. The maximum atomic E-state index is 6.11. The molecule has 162 valence electrons. The number of methoxy groups -OCH3 is 2. The number of aromatic nitrogens is 1. The summed E-state index contributed by atoms with van der Waals surface area (Å²) in [6.07, 6.45) is 3.04. The van der Waals surface area contributed by atoms with E-state index in [1.165, 1.54) is 0 Å². The molecule has 1 N–H and O–H groups in total. The Labute approximate surface area is 183 Å². The van der Waals surface area contributed by atoms with Crippen LogP contribution < -0.4 is 24.4 Å². The van der Waals surface area contributed by atoms with Gasteiger partial charge in [0.2, 0.25) is 5.75 Å². The molecule has 6 heteroatoms. The number of rotatable bonds is 7. The normalized spacial score (nSPS) is 14.1. The van der Waals surface area contributed by atoms with Gasteiger partial charge in [-0.05, 0) is 48.4 Å². The van der Waals surface area contributed by atoms with E-state index in [-0.39, 0.29) is 0 Å². The highest BCUT2D eigenvalue weighted by molar-refractivity contribution is 5.71. The van der Waals surface area contributed by atoms with Crippen LogP contribution in [0.1, 0.15) is 12.0 Å². The van der Waals surface area contributed by atoms with Gasteiger partial charge in [-0.25, -0.2) is 4.98 Å². The van der Waals surface area contributed by atoms with Crippen molar-refractivity contribution in [2.45, 2.75) is 13.0 Å². The van der Waals surface area contributed by atoms with Crippen molar-refractivity contribution in [1.29, 1.82) is 0 Å². The van der Waals surface area contributed by atoms with Crippen molar-refractivity contribution in [3.8, 4) is 28.4 Å². The molecule has 0 spiro atoms. The summed E-state index contributed by atoms with van der Waals surface area (Å²) in [5, 5.41) is 3.43. The number of nitrogens with zero attached hydrogens (tertiary/aromatic N) is 2. The highest BCUT2D eigenvalue weighted by Gasteiger charge is 2.16. The topological polar surface area (TPSA) is 55.9 Å². The molecule has 3 aromatic rings. The summed E-state index contributed by atoms with van der Waals surface area (Å²) >= 11 is 0. The zero-order chi connectivity index (χ0) is 21.5. The van der Waals surface area contributed by atoms with Crippen LogP contribution in [0.25, 0.3) is 11.1 Å². The lowest BCUT2D eigenvalue weighted by Gasteiger charge is -2.21. The van der Waals surface area contributed by atoms with E-state index in [2.05, 4.69) is 22.3 Å². The second kappa shape index (κ2) is 10.2. The molecule has 0 amide bonds. The number of nitrogens with one attached hydrogen (secondary N) is 1. The molecule has 1 fully saturated rings. The van der Waals surface area contributed by atoms with E-state index >= 15 is 0 Å². The molecule has 0 radical (unpaired) electrons. The van der Waals surface area contributed by atoms with Crippen LogP contribution in [0.5, 0.6) is 17.2 Å². The number of ether oxygens (including phenoxy) is 3. The molecule has 1 aromatic heterocycles. The van der Waals surface area contributed by atoms with Crippen LogP contribution in [0, 0.1) is 0 Å². The second-order valence-electron chi connectivity index (χ2n) is 7.48. The van der Waals surface area contributed by atoms with Crippen molar-refractivity contribution < 1.29 is 14.2 Å². The van der Waals surface area contributed by atoms with Gasteiger partial charge in [-0.15, -0.1) is 0 Å². The lowest BCUT2D eigenvalue weighted by atomic mass is 10.1. The quantitative estimate of drug-likeness (QED) is 0.621. The first-order valence-corrected chi connectivity index (χ1v) is 10.6. The molecule has 6 nitrogen and oxygen atoms in total. The minimum absolute atomic E-state index is 0.448. The van der Waals surface area contributed by atoms with E-state index < -0.39 is 0 Å². The Kier molecular flexibility index (Phi) is 6.89. The van der Waals surface area contributed by atoms with Crippen molar-refractivity contribution in [2.75, 3.05) is 45.3 Å². The van der Waals surface area contributed by atoms with Gasteiger partial charge in [-0.1, -0.05) is 30.3 Å². The van der Waals surface area contributed by atoms with Crippen LogP contribution >= 0.6 is 0 Å². The first kappa shape index (κ1) is 21.0. The molecule has 1 aliphatic rings. The Bertz CT molecular complexity index is 969. The Balaban J connectivity index is 1.59. The van der Waals surface area contributed by atoms with E-state index in [0.29, 0.717) is 23.9 Å². The molecule has 1 saturated heterocycles. The minimum atomic E-state index is 0.448. The highest BCUT2D eigenvalue weighted by atomic mass is 16.5. The summed E-state index contributed by atoms with van der Waals surface area (Å²) in [7, 11) is 3.26. The zero-order valence-electron chi connectivity index (χ0n) is 18.1. The summed E-state index contributed by atoms with van der Waals surface area (Å²) < 4.78 is 17.3. The van der Waals surface area contributed by atoms with Crippen LogP contribution in [0.3, 0.4) is 0 Å². The van der Waals surface area contributed by atoms with Gasteiger partial charge >= 0.3 is 0 Å². The van der Waals surface area contributed by atoms with Crippen LogP contribution in [0.4, 0.5) is 5.82 Å². The van der Waals surface area contributed by atoms with Gasteiger partial charge in [-0.2, -0.15) is 0 Å². The van der Waals surface area contributed by atoms with Crippen LogP contribution in [-0.4, -0.2) is 45.4 Å². The third-order valence-corrected chi connectivity index (χ3v) is 5.43. The molecule has 0 atom stereocenters. The second-order valence-corrected chi connectivity index (χ2v) is 7.48. The Morgan fingerprint density at radius 2 is 1.74 bits per heavy atom. The van der Waals surface area contributed by atoms with E-state index in [4.69, 9.17) is 19.2 Å². The predicted molar refractivity (Wildman–Crippen MR) is 123 cm³/mol. The lowest BCUT2D eigenvalue weighted by Crippen LogP contribution is -2.28. The molecular formula is C25H29N3O3. The van der Waals surface area contributed by atoms with Crippen molar-refractivity contribution in [3.63, 3.8) is 0 Å². The van der Waals surface area contributed by atoms with Crippen molar-refractivity contribution >= 4 is 5.82 Å². The Morgan fingerprint density at radius 1 is 0.903 bits per heavy atom. The largest absolute Gasteiger partial charge is 0.493 e. The smallest absolute Gasteiger partial charge is 0.203 e. The van der Waals surface area contributed by atoms with E-state index in [9.17, 15) is 0 Å². The average molecular weight is 420 g/mol. The molecule has 0 unspecified atom stereocenters. The van der Waals surface area contributed by atoms with Crippen molar-refractivity contribution in [2.24, 2.45) is 0 Å².